The number of nitrogens with zero attached hydrogens (tertiary/aromatic N) is 2. The number of rotatable bonds is 4. The van der Waals surface area contributed by atoms with Gasteiger partial charge in [0.2, 0.25) is 0 Å². The molecule has 1 aromatic carbocycles. The average molecular weight is 287 g/mol. The van der Waals surface area contributed by atoms with Crippen molar-refractivity contribution in [2.75, 3.05) is 18.9 Å². The van der Waals surface area contributed by atoms with Gasteiger partial charge in [0.1, 0.15) is 0 Å². The van der Waals surface area contributed by atoms with Gasteiger partial charge in [-0.1, -0.05) is 13.0 Å². The van der Waals surface area contributed by atoms with Crippen molar-refractivity contribution in [1.29, 1.82) is 0 Å². The molecule has 2 N–H and O–H groups in total. The number of aromatic nitrogens is 1. The third-order valence-corrected chi connectivity index (χ3v) is 3.17. The molecule has 0 saturated carbocycles. The van der Waals surface area contributed by atoms with E-state index in [1.807, 2.05) is 24.3 Å². The Hall–Kier alpha value is -2.63. The molecule has 0 aliphatic rings. The van der Waals surface area contributed by atoms with Crippen LogP contribution in [-0.2, 0) is 4.79 Å². The Morgan fingerprint density at radius 3 is 2.86 bits per heavy atom. The maximum Gasteiger partial charge on any atom is 0.321 e. The van der Waals surface area contributed by atoms with Gasteiger partial charge in [-0.25, -0.2) is 4.79 Å². The van der Waals surface area contributed by atoms with Crippen molar-refractivity contribution < 1.29 is 14.7 Å². The molecule has 2 aromatic rings. The maximum absolute atomic E-state index is 12.0. The summed E-state index contributed by atoms with van der Waals surface area (Å²) in [7, 11) is 1.57. The molecule has 1 aromatic heterocycles. The first-order valence-corrected chi connectivity index (χ1v) is 6.57. The summed E-state index contributed by atoms with van der Waals surface area (Å²) in [5.41, 5.74) is 1.50. The third kappa shape index (κ3) is 3.68. The van der Waals surface area contributed by atoms with E-state index >= 15 is 0 Å². The number of fused-ring (bicyclic) bond motifs is 1. The van der Waals surface area contributed by atoms with Crippen molar-refractivity contribution in [3.63, 3.8) is 0 Å². The van der Waals surface area contributed by atoms with Crippen LogP contribution in [0.3, 0.4) is 0 Å². The number of pyridine rings is 1. The molecule has 0 saturated heterocycles. The standard InChI is InChI=1S/C15H17N3O3/c1-10(14(19)20)9-18(2)15(21)17-12-5-6-13-11(8-12)4-3-7-16-13/h3-8,10H,9H2,1-2H3,(H,17,21)(H,19,20). The summed E-state index contributed by atoms with van der Waals surface area (Å²) in [5.74, 6) is -1.53. The maximum atomic E-state index is 12.0. The molecule has 0 radical (unpaired) electrons. The van der Waals surface area contributed by atoms with Crippen molar-refractivity contribution >= 4 is 28.6 Å². The molecule has 0 aliphatic carbocycles. The van der Waals surface area contributed by atoms with Crippen LogP contribution in [0.15, 0.2) is 36.5 Å². The van der Waals surface area contributed by atoms with Crippen molar-refractivity contribution in [2.24, 2.45) is 5.92 Å². The lowest BCUT2D eigenvalue weighted by Gasteiger charge is -2.20. The predicted octanol–water partition coefficient (Wildman–Crippen LogP) is 2.42. The summed E-state index contributed by atoms with van der Waals surface area (Å²) in [5, 5.41) is 12.5. The number of hydrogen-bond donors (Lipinski definition) is 2. The number of urea groups is 1. The van der Waals surface area contributed by atoms with Crippen LogP contribution in [0.25, 0.3) is 10.9 Å². The molecule has 0 spiro atoms. The van der Waals surface area contributed by atoms with E-state index in [-0.39, 0.29) is 12.6 Å². The van der Waals surface area contributed by atoms with Crippen molar-refractivity contribution in [3.05, 3.63) is 36.5 Å². The number of hydrogen-bond acceptors (Lipinski definition) is 3. The summed E-state index contributed by atoms with van der Waals surface area (Å²) in [6.45, 7) is 1.71. The van der Waals surface area contributed by atoms with Crippen molar-refractivity contribution in [3.8, 4) is 0 Å². The second-order valence-electron chi connectivity index (χ2n) is 4.96. The zero-order valence-corrected chi connectivity index (χ0v) is 11.9. The summed E-state index contributed by atoms with van der Waals surface area (Å²) < 4.78 is 0. The van der Waals surface area contributed by atoms with Crippen LogP contribution in [0.4, 0.5) is 10.5 Å². The van der Waals surface area contributed by atoms with Gasteiger partial charge in [0.25, 0.3) is 0 Å². The van der Waals surface area contributed by atoms with E-state index < -0.39 is 11.9 Å². The quantitative estimate of drug-likeness (QED) is 0.904. The van der Waals surface area contributed by atoms with Gasteiger partial charge in [0.05, 0.1) is 11.4 Å². The molecule has 1 atom stereocenters. The first-order chi connectivity index (χ1) is 9.97. The lowest BCUT2D eigenvalue weighted by atomic mass is 10.2. The second kappa shape index (κ2) is 6.21. The number of aliphatic carboxylic acids is 1. The Bertz CT molecular complexity index is 672. The Balaban J connectivity index is 2.05. The summed E-state index contributed by atoms with van der Waals surface area (Å²) in [6.07, 6.45) is 1.71. The minimum Gasteiger partial charge on any atom is -0.481 e. The molecule has 0 bridgehead atoms. The second-order valence-corrected chi connectivity index (χ2v) is 4.96. The Kier molecular flexibility index (Phi) is 4.37. The van der Waals surface area contributed by atoms with Crippen LogP contribution >= 0.6 is 0 Å². The summed E-state index contributed by atoms with van der Waals surface area (Å²) >= 11 is 0. The van der Waals surface area contributed by atoms with Crippen LogP contribution < -0.4 is 5.32 Å². The SMILES string of the molecule is CC(CN(C)C(=O)Nc1ccc2ncccc2c1)C(=O)O. The molecule has 110 valence electrons. The normalized spacial score (nSPS) is 11.9. The fourth-order valence-corrected chi connectivity index (χ4v) is 1.94. The lowest BCUT2D eigenvalue weighted by molar-refractivity contribution is -0.141. The number of carboxylic acids is 1. The summed E-state index contributed by atoms with van der Waals surface area (Å²) in [6, 6.07) is 8.82. The first kappa shape index (κ1) is 14.8. The van der Waals surface area contributed by atoms with E-state index in [0.717, 1.165) is 10.9 Å². The number of benzene rings is 1. The topological polar surface area (TPSA) is 82.5 Å². The van der Waals surface area contributed by atoms with Gasteiger partial charge >= 0.3 is 12.0 Å². The Morgan fingerprint density at radius 1 is 1.38 bits per heavy atom. The molecule has 6 heteroatoms. The number of carbonyl (C=O) groups is 2. The number of amides is 2. The van der Waals surface area contributed by atoms with Crippen molar-refractivity contribution in [2.45, 2.75) is 6.92 Å². The highest BCUT2D eigenvalue weighted by Crippen LogP contribution is 2.17. The lowest BCUT2D eigenvalue weighted by Crippen LogP contribution is -2.36. The zero-order chi connectivity index (χ0) is 15.4. The van der Waals surface area contributed by atoms with Gasteiger partial charge < -0.3 is 15.3 Å². The fraction of sp³-hybridized carbons (Fsp3) is 0.267. The molecule has 0 fully saturated rings. The molecule has 1 unspecified atom stereocenters. The highest BCUT2D eigenvalue weighted by atomic mass is 16.4. The molecule has 21 heavy (non-hydrogen) atoms. The van der Waals surface area contributed by atoms with Gasteiger partial charge in [0, 0.05) is 30.9 Å². The van der Waals surface area contributed by atoms with Gasteiger partial charge in [0.15, 0.2) is 0 Å². The molecule has 2 amide bonds. The van der Waals surface area contributed by atoms with E-state index in [2.05, 4.69) is 10.3 Å². The number of carbonyl (C=O) groups excluding carboxylic acids is 1. The number of carboxylic acid groups (broad SMARTS) is 1. The van der Waals surface area contributed by atoms with E-state index in [1.165, 1.54) is 4.90 Å². The van der Waals surface area contributed by atoms with Gasteiger partial charge in [-0.05, 0) is 24.3 Å². The Morgan fingerprint density at radius 2 is 2.14 bits per heavy atom. The van der Waals surface area contributed by atoms with Gasteiger partial charge in [-0.3, -0.25) is 9.78 Å². The highest BCUT2D eigenvalue weighted by Gasteiger charge is 2.17. The smallest absolute Gasteiger partial charge is 0.321 e. The van der Waals surface area contributed by atoms with Crippen LogP contribution in [0.2, 0.25) is 0 Å². The van der Waals surface area contributed by atoms with E-state index in [9.17, 15) is 9.59 Å². The average Bonchev–Trinajstić information content (AvgIpc) is 2.46. The van der Waals surface area contributed by atoms with Crippen LogP contribution in [0.1, 0.15) is 6.92 Å². The van der Waals surface area contributed by atoms with E-state index in [4.69, 9.17) is 5.11 Å². The van der Waals surface area contributed by atoms with Gasteiger partial charge in [-0.15, -0.1) is 0 Å². The molecular weight excluding hydrogens is 270 g/mol. The van der Waals surface area contributed by atoms with E-state index in [0.29, 0.717) is 5.69 Å². The highest BCUT2D eigenvalue weighted by molar-refractivity contribution is 5.92. The van der Waals surface area contributed by atoms with Crippen LogP contribution in [0, 0.1) is 5.92 Å². The fourth-order valence-electron chi connectivity index (χ4n) is 1.94. The number of nitrogens with one attached hydrogen (secondary N) is 1. The molecular formula is C15H17N3O3. The molecule has 1 heterocycles. The predicted molar refractivity (Wildman–Crippen MR) is 80.2 cm³/mol. The molecule has 0 aliphatic heterocycles. The monoisotopic (exact) mass is 287 g/mol. The Labute approximate surface area is 122 Å². The van der Waals surface area contributed by atoms with Crippen LogP contribution in [0.5, 0.6) is 0 Å². The summed E-state index contributed by atoms with van der Waals surface area (Å²) in [4.78, 5) is 28.4. The minimum absolute atomic E-state index is 0.149. The van der Waals surface area contributed by atoms with Gasteiger partial charge in [-0.2, -0.15) is 0 Å². The third-order valence-electron chi connectivity index (χ3n) is 3.17. The first-order valence-electron chi connectivity index (χ1n) is 6.57. The van der Waals surface area contributed by atoms with Crippen LogP contribution in [-0.4, -0.2) is 40.6 Å². The molecule has 6 nitrogen and oxygen atoms in total. The largest absolute Gasteiger partial charge is 0.481 e. The number of anilines is 1. The van der Waals surface area contributed by atoms with E-state index in [1.54, 1.807) is 26.2 Å². The minimum atomic E-state index is -0.925. The zero-order valence-electron chi connectivity index (χ0n) is 11.9. The van der Waals surface area contributed by atoms with Crippen molar-refractivity contribution in [1.82, 2.24) is 9.88 Å². The molecule has 2 rings (SSSR count).